The van der Waals surface area contributed by atoms with E-state index in [9.17, 15) is 32.8 Å². The summed E-state index contributed by atoms with van der Waals surface area (Å²) in [5.41, 5.74) is -0.00708. The van der Waals surface area contributed by atoms with Gasteiger partial charge in [-0.3, -0.25) is 29.4 Å². The van der Waals surface area contributed by atoms with Gasteiger partial charge >= 0.3 is 0 Å². The molecule has 10 nitrogen and oxygen atoms in total. The number of likely N-dealkylation sites (tertiary alicyclic amines) is 1. The lowest BCUT2D eigenvalue weighted by Crippen LogP contribution is -2.60. The molecule has 0 aromatic heterocycles. The normalized spacial score (nSPS) is 28.1. The van der Waals surface area contributed by atoms with Gasteiger partial charge in [0.1, 0.15) is 12.1 Å². The number of hydrogen-bond acceptors (Lipinski definition) is 5. The van der Waals surface area contributed by atoms with Crippen molar-refractivity contribution in [3.8, 4) is 0 Å². The summed E-state index contributed by atoms with van der Waals surface area (Å²) >= 11 is 5.38. The van der Waals surface area contributed by atoms with Gasteiger partial charge in [-0.1, -0.05) is 38.3 Å². The molecule has 1 aliphatic carbocycles. The third-order valence-corrected chi connectivity index (χ3v) is 8.03. The molecule has 0 radical (unpaired) electrons. The van der Waals surface area contributed by atoms with E-state index in [0.29, 0.717) is 25.8 Å². The van der Waals surface area contributed by atoms with Crippen molar-refractivity contribution in [1.29, 1.82) is 0 Å². The second kappa shape index (κ2) is 12.4. The Hall–Kier alpha value is -2.50. The number of hydrazine groups is 1. The minimum absolute atomic E-state index is 0.0415. The highest BCUT2D eigenvalue weighted by molar-refractivity contribution is 6.29. The van der Waals surface area contributed by atoms with Gasteiger partial charge in [0, 0.05) is 13.1 Å². The Morgan fingerprint density at radius 3 is 2.46 bits per heavy atom. The van der Waals surface area contributed by atoms with Crippen molar-refractivity contribution >= 4 is 41.1 Å². The number of nitrogens with zero attached hydrogens (tertiary/aromatic N) is 2. The maximum Gasteiger partial charge on any atom is 0.291 e. The van der Waals surface area contributed by atoms with Crippen molar-refractivity contribution in [2.24, 2.45) is 23.7 Å². The van der Waals surface area contributed by atoms with E-state index in [1.165, 1.54) is 4.90 Å². The topological polar surface area (TPSA) is 128 Å². The van der Waals surface area contributed by atoms with Crippen LogP contribution in [-0.4, -0.2) is 83.0 Å². The van der Waals surface area contributed by atoms with Gasteiger partial charge in [-0.05, 0) is 43.9 Å². The number of rotatable bonds is 9. The van der Waals surface area contributed by atoms with Crippen molar-refractivity contribution in [3.05, 3.63) is 0 Å². The highest BCUT2D eigenvalue weighted by Crippen LogP contribution is 2.42. The van der Waals surface area contributed by atoms with E-state index in [1.54, 1.807) is 6.92 Å². The van der Waals surface area contributed by atoms with Gasteiger partial charge in [-0.15, -0.1) is 0 Å². The summed E-state index contributed by atoms with van der Waals surface area (Å²) in [7, 11) is 0. The number of amides is 5. The van der Waals surface area contributed by atoms with E-state index in [0.717, 1.165) is 24.8 Å². The smallest absolute Gasteiger partial charge is 0.291 e. The second-order valence-electron chi connectivity index (χ2n) is 10.3. The minimum atomic E-state index is -2.43. The molecule has 8 atom stereocenters. The van der Waals surface area contributed by atoms with Gasteiger partial charge in [-0.25, -0.2) is 13.8 Å². The molecule has 0 unspecified atom stereocenters. The zero-order valence-corrected chi connectivity index (χ0v) is 22.1. The van der Waals surface area contributed by atoms with Crippen LogP contribution in [0, 0.1) is 23.7 Å². The highest BCUT2D eigenvalue weighted by atomic mass is 35.5. The average molecular weight is 548 g/mol. The first-order valence-corrected chi connectivity index (χ1v) is 13.3. The fourth-order valence-corrected chi connectivity index (χ4v) is 5.66. The summed E-state index contributed by atoms with van der Waals surface area (Å²) in [4.78, 5) is 65.3. The molecule has 0 aromatic carbocycles. The molecule has 0 aromatic rings. The van der Waals surface area contributed by atoms with E-state index in [-0.39, 0.29) is 36.8 Å². The molecule has 0 spiro atoms. The number of carbonyl (C=O) groups excluding carboxylic acids is 5. The van der Waals surface area contributed by atoms with Gasteiger partial charge in [0.25, 0.3) is 23.4 Å². The van der Waals surface area contributed by atoms with Crippen LogP contribution in [0.1, 0.15) is 52.9 Å². The molecule has 5 amide bonds. The Labute approximate surface area is 220 Å². The van der Waals surface area contributed by atoms with Crippen LogP contribution < -0.4 is 16.1 Å². The molecule has 2 heterocycles. The lowest BCUT2D eigenvalue weighted by Gasteiger charge is -2.34. The van der Waals surface area contributed by atoms with Gasteiger partial charge in [-0.2, -0.15) is 0 Å². The van der Waals surface area contributed by atoms with Gasteiger partial charge < -0.3 is 15.5 Å². The first-order valence-electron chi connectivity index (χ1n) is 12.9. The fraction of sp³-hybridized carbons (Fsp3) is 0.792. The molecule has 3 fully saturated rings. The lowest BCUT2D eigenvalue weighted by atomic mass is 9.93. The van der Waals surface area contributed by atoms with E-state index in [1.807, 2.05) is 6.92 Å². The summed E-state index contributed by atoms with van der Waals surface area (Å²) in [5.74, 6) is -4.78. The lowest BCUT2D eigenvalue weighted by molar-refractivity contribution is -0.150. The number of hydrogen-bond donors (Lipinski definition) is 3. The van der Waals surface area contributed by atoms with Gasteiger partial charge in [0.2, 0.25) is 11.8 Å². The van der Waals surface area contributed by atoms with Crippen LogP contribution in [0.3, 0.4) is 0 Å². The SMILES string of the molecule is CC[C@H](C)[C@H](NC(=O)[C@@H](C)F)C(=O)N1C[C@@H]2CCC[C@@H]2[C@H]1C(=O)NN(C[C@@H]1CCNC1=O)C(=O)[C@H](F)Cl. The second-order valence-corrected chi connectivity index (χ2v) is 10.7. The summed E-state index contributed by atoms with van der Waals surface area (Å²) in [6.45, 7) is 5.07. The zero-order chi connectivity index (χ0) is 27.4. The minimum Gasteiger partial charge on any atom is -0.356 e. The number of alkyl halides is 3. The first-order chi connectivity index (χ1) is 17.5. The van der Waals surface area contributed by atoms with E-state index in [4.69, 9.17) is 11.6 Å². The third kappa shape index (κ3) is 6.50. The van der Waals surface area contributed by atoms with Gasteiger partial charge in [0.05, 0.1) is 12.5 Å². The fourth-order valence-electron chi connectivity index (χ4n) is 5.55. The predicted octanol–water partition coefficient (Wildman–Crippen LogP) is 1.03. The molecular weight excluding hydrogens is 512 g/mol. The van der Waals surface area contributed by atoms with Crippen LogP contribution in [0.15, 0.2) is 0 Å². The van der Waals surface area contributed by atoms with Crippen LogP contribution in [0.25, 0.3) is 0 Å². The van der Waals surface area contributed by atoms with Crippen molar-refractivity contribution in [3.63, 3.8) is 0 Å². The predicted molar refractivity (Wildman–Crippen MR) is 130 cm³/mol. The van der Waals surface area contributed by atoms with Crippen LogP contribution in [0.5, 0.6) is 0 Å². The van der Waals surface area contributed by atoms with Crippen molar-refractivity contribution < 1.29 is 32.8 Å². The molecule has 1 saturated carbocycles. The summed E-state index contributed by atoms with van der Waals surface area (Å²) in [6.07, 6.45) is 1.46. The molecule has 3 N–H and O–H groups in total. The maximum atomic E-state index is 13.8. The average Bonchev–Trinajstić information content (AvgIpc) is 3.56. The molecule has 2 saturated heterocycles. The van der Waals surface area contributed by atoms with E-state index in [2.05, 4.69) is 16.1 Å². The first kappa shape index (κ1) is 29.1. The van der Waals surface area contributed by atoms with Gasteiger partial charge in [0.15, 0.2) is 6.17 Å². The largest absolute Gasteiger partial charge is 0.356 e. The molecule has 0 bridgehead atoms. The standard InChI is InChI=1S/C24H36ClF2N5O5/c1-4-12(2)17(29-20(33)13(3)26)23(36)31-10-14-6-5-7-16(14)18(31)22(35)30-32(24(37)19(25)27)11-15-8-9-28-21(15)34/h12-19H,4-11H2,1-3H3,(H,28,34)(H,29,33)(H,30,35)/t12-,13+,14-,15-,16-,17-,18-,19-/m0/s1. The quantitative estimate of drug-likeness (QED) is 0.293. The van der Waals surface area contributed by atoms with Crippen LogP contribution in [0.2, 0.25) is 0 Å². The van der Waals surface area contributed by atoms with Crippen molar-refractivity contribution in [2.75, 3.05) is 19.6 Å². The van der Waals surface area contributed by atoms with Crippen molar-refractivity contribution in [2.45, 2.75) is 76.8 Å². The molecule has 208 valence electrons. The number of fused-ring (bicyclic) bond motifs is 1. The summed E-state index contributed by atoms with van der Waals surface area (Å²) in [5, 5.41) is 5.83. The monoisotopic (exact) mass is 547 g/mol. The highest BCUT2D eigenvalue weighted by Gasteiger charge is 2.51. The zero-order valence-electron chi connectivity index (χ0n) is 21.3. The Morgan fingerprint density at radius 1 is 1.19 bits per heavy atom. The number of nitrogens with one attached hydrogen (secondary N) is 3. The van der Waals surface area contributed by atoms with E-state index < -0.39 is 53.4 Å². The number of halogens is 3. The molecule has 3 aliphatic rings. The number of carbonyl (C=O) groups is 5. The van der Waals surface area contributed by atoms with Crippen molar-refractivity contribution in [1.82, 2.24) is 26.0 Å². The maximum absolute atomic E-state index is 13.8. The molecule has 13 heteroatoms. The Balaban J connectivity index is 1.84. The Kier molecular flexibility index (Phi) is 9.71. The third-order valence-electron chi connectivity index (χ3n) is 7.84. The summed E-state index contributed by atoms with van der Waals surface area (Å²) in [6, 6.07) is -2.02. The van der Waals surface area contributed by atoms with E-state index >= 15 is 0 Å². The van der Waals surface area contributed by atoms with Crippen LogP contribution in [-0.2, 0) is 24.0 Å². The molecule has 2 aliphatic heterocycles. The summed E-state index contributed by atoms with van der Waals surface area (Å²) < 4.78 is 27.4. The van der Waals surface area contributed by atoms with Crippen LogP contribution >= 0.6 is 11.6 Å². The molecule has 37 heavy (non-hydrogen) atoms. The molecular formula is C24H36ClF2N5O5. The Morgan fingerprint density at radius 2 is 1.89 bits per heavy atom. The van der Waals surface area contributed by atoms with Crippen LogP contribution in [0.4, 0.5) is 8.78 Å². The molecule has 3 rings (SSSR count). The Bertz CT molecular complexity index is 907.